The molecule has 0 N–H and O–H groups in total. The SMILES string of the molecule is CCCOC(=O)C1Cc2cccc(C)c2C1=O. The van der Waals surface area contributed by atoms with Crippen LogP contribution in [0.4, 0.5) is 0 Å². The molecule has 0 saturated carbocycles. The van der Waals surface area contributed by atoms with Gasteiger partial charge in [0.15, 0.2) is 5.78 Å². The fraction of sp³-hybridized carbons (Fsp3) is 0.429. The first-order chi connectivity index (χ1) is 8.15. The molecular formula is C14H16O3. The summed E-state index contributed by atoms with van der Waals surface area (Å²) < 4.78 is 5.06. The molecule has 1 aromatic carbocycles. The second-order valence-electron chi connectivity index (χ2n) is 4.40. The second-order valence-corrected chi connectivity index (χ2v) is 4.40. The molecule has 90 valence electrons. The van der Waals surface area contributed by atoms with Gasteiger partial charge in [-0.2, -0.15) is 0 Å². The number of ketones is 1. The van der Waals surface area contributed by atoms with Gasteiger partial charge in [-0.05, 0) is 30.9 Å². The first-order valence-electron chi connectivity index (χ1n) is 5.94. The summed E-state index contributed by atoms with van der Waals surface area (Å²) in [7, 11) is 0. The minimum atomic E-state index is -0.627. The fourth-order valence-electron chi connectivity index (χ4n) is 2.23. The van der Waals surface area contributed by atoms with Gasteiger partial charge in [-0.25, -0.2) is 0 Å². The van der Waals surface area contributed by atoms with Gasteiger partial charge in [0.1, 0.15) is 5.92 Å². The van der Waals surface area contributed by atoms with E-state index in [2.05, 4.69) is 0 Å². The Hall–Kier alpha value is -1.64. The van der Waals surface area contributed by atoms with Crippen LogP contribution in [0.15, 0.2) is 18.2 Å². The van der Waals surface area contributed by atoms with E-state index in [0.29, 0.717) is 18.6 Å². The minimum Gasteiger partial charge on any atom is -0.465 e. The third kappa shape index (κ3) is 2.09. The summed E-state index contributed by atoms with van der Waals surface area (Å²) >= 11 is 0. The summed E-state index contributed by atoms with van der Waals surface area (Å²) in [5.74, 6) is -1.09. The molecule has 1 atom stereocenters. The monoisotopic (exact) mass is 232 g/mol. The molecule has 1 unspecified atom stereocenters. The smallest absolute Gasteiger partial charge is 0.317 e. The Balaban J connectivity index is 2.20. The highest BCUT2D eigenvalue weighted by Crippen LogP contribution is 2.29. The van der Waals surface area contributed by atoms with Crippen molar-refractivity contribution in [1.82, 2.24) is 0 Å². The van der Waals surface area contributed by atoms with E-state index in [1.807, 2.05) is 32.0 Å². The Morgan fingerprint density at radius 2 is 2.24 bits per heavy atom. The van der Waals surface area contributed by atoms with E-state index in [-0.39, 0.29) is 11.8 Å². The van der Waals surface area contributed by atoms with Gasteiger partial charge >= 0.3 is 5.97 Å². The molecule has 0 radical (unpaired) electrons. The highest BCUT2D eigenvalue weighted by Gasteiger charge is 2.37. The van der Waals surface area contributed by atoms with E-state index >= 15 is 0 Å². The molecule has 3 heteroatoms. The van der Waals surface area contributed by atoms with Gasteiger partial charge in [0.05, 0.1) is 6.61 Å². The predicted octanol–water partition coefficient (Wildman–Crippen LogP) is 2.30. The van der Waals surface area contributed by atoms with Gasteiger partial charge in [0, 0.05) is 5.56 Å². The topological polar surface area (TPSA) is 43.4 Å². The fourth-order valence-corrected chi connectivity index (χ4v) is 2.23. The first-order valence-corrected chi connectivity index (χ1v) is 5.94. The maximum absolute atomic E-state index is 12.1. The zero-order valence-corrected chi connectivity index (χ0v) is 10.2. The Bertz CT molecular complexity index is 463. The average molecular weight is 232 g/mol. The summed E-state index contributed by atoms with van der Waals surface area (Å²) in [5.41, 5.74) is 2.62. The Labute approximate surface area is 101 Å². The maximum atomic E-state index is 12.1. The summed E-state index contributed by atoms with van der Waals surface area (Å²) in [5, 5.41) is 0. The van der Waals surface area contributed by atoms with Crippen LogP contribution in [0.2, 0.25) is 0 Å². The molecule has 0 aromatic heterocycles. The van der Waals surface area contributed by atoms with Crippen molar-refractivity contribution in [3.63, 3.8) is 0 Å². The maximum Gasteiger partial charge on any atom is 0.317 e. The van der Waals surface area contributed by atoms with Crippen LogP contribution in [0.5, 0.6) is 0 Å². The van der Waals surface area contributed by atoms with Gasteiger partial charge in [-0.1, -0.05) is 25.1 Å². The molecule has 0 spiro atoms. The van der Waals surface area contributed by atoms with Crippen LogP contribution in [-0.2, 0) is 16.0 Å². The van der Waals surface area contributed by atoms with Crippen molar-refractivity contribution < 1.29 is 14.3 Å². The van der Waals surface area contributed by atoms with Crippen molar-refractivity contribution in [1.29, 1.82) is 0 Å². The molecule has 0 fully saturated rings. The van der Waals surface area contributed by atoms with E-state index in [1.54, 1.807) is 0 Å². The predicted molar refractivity (Wildman–Crippen MR) is 64.0 cm³/mol. The average Bonchev–Trinajstić information content (AvgIpc) is 2.65. The Morgan fingerprint density at radius 1 is 1.47 bits per heavy atom. The second kappa shape index (κ2) is 4.70. The molecule has 2 rings (SSSR count). The molecule has 3 nitrogen and oxygen atoms in total. The third-order valence-corrected chi connectivity index (χ3v) is 3.08. The standard InChI is InChI=1S/C14H16O3/c1-3-7-17-14(16)11-8-10-6-4-5-9(2)12(10)13(11)15/h4-6,11H,3,7-8H2,1-2H3. The molecule has 17 heavy (non-hydrogen) atoms. The molecule has 0 amide bonds. The van der Waals surface area contributed by atoms with E-state index in [1.165, 1.54) is 0 Å². The lowest BCUT2D eigenvalue weighted by Crippen LogP contribution is -2.23. The van der Waals surface area contributed by atoms with Crippen molar-refractivity contribution in [3.05, 3.63) is 34.9 Å². The van der Waals surface area contributed by atoms with Gasteiger partial charge in [0.2, 0.25) is 0 Å². The van der Waals surface area contributed by atoms with Crippen molar-refractivity contribution >= 4 is 11.8 Å². The number of Topliss-reactive ketones (excluding diaryl/α,β-unsaturated/α-hetero) is 1. The molecular weight excluding hydrogens is 216 g/mol. The van der Waals surface area contributed by atoms with E-state index in [4.69, 9.17) is 4.74 Å². The molecule has 1 aromatic rings. The zero-order chi connectivity index (χ0) is 12.4. The van der Waals surface area contributed by atoms with E-state index in [0.717, 1.165) is 17.5 Å². The summed E-state index contributed by atoms with van der Waals surface area (Å²) in [6.07, 6.45) is 1.26. The number of benzene rings is 1. The van der Waals surface area contributed by atoms with Crippen LogP contribution < -0.4 is 0 Å². The number of carbonyl (C=O) groups excluding carboxylic acids is 2. The largest absolute Gasteiger partial charge is 0.465 e. The van der Waals surface area contributed by atoms with Gasteiger partial charge in [-0.15, -0.1) is 0 Å². The summed E-state index contributed by atoms with van der Waals surface area (Å²) in [4.78, 5) is 23.9. The van der Waals surface area contributed by atoms with Crippen LogP contribution in [0.3, 0.4) is 0 Å². The van der Waals surface area contributed by atoms with Crippen molar-refractivity contribution in [2.45, 2.75) is 26.7 Å². The zero-order valence-electron chi connectivity index (χ0n) is 10.2. The number of ether oxygens (including phenoxy) is 1. The van der Waals surface area contributed by atoms with Gasteiger partial charge < -0.3 is 4.74 Å². The van der Waals surface area contributed by atoms with Crippen molar-refractivity contribution in [3.8, 4) is 0 Å². The molecule has 0 heterocycles. The third-order valence-electron chi connectivity index (χ3n) is 3.08. The minimum absolute atomic E-state index is 0.0841. The number of carbonyl (C=O) groups is 2. The number of fused-ring (bicyclic) bond motifs is 1. The van der Waals surface area contributed by atoms with Crippen LogP contribution in [0.25, 0.3) is 0 Å². The number of rotatable bonds is 3. The molecule has 0 bridgehead atoms. The summed E-state index contributed by atoms with van der Waals surface area (Å²) in [6.45, 7) is 4.22. The summed E-state index contributed by atoms with van der Waals surface area (Å²) in [6, 6.07) is 5.73. The first kappa shape index (κ1) is 11.8. The van der Waals surface area contributed by atoms with E-state index < -0.39 is 5.92 Å². The molecule has 0 aliphatic heterocycles. The van der Waals surface area contributed by atoms with Crippen LogP contribution >= 0.6 is 0 Å². The molecule has 0 saturated heterocycles. The lowest BCUT2D eigenvalue weighted by Gasteiger charge is -2.07. The van der Waals surface area contributed by atoms with Crippen molar-refractivity contribution in [2.24, 2.45) is 5.92 Å². The molecule has 1 aliphatic carbocycles. The normalized spacial score (nSPS) is 18.0. The van der Waals surface area contributed by atoms with Gasteiger partial charge in [-0.3, -0.25) is 9.59 Å². The Kier molecular flexibility index (Phi) is 3.27. The van der Waals surface area contributed by atoms with Crippen LogP contribution in [0.1, 0.15) is 34.8 Å². The highest BCUT2D eigenvalue weighted by molar-refractivity contribution is 6.13. The highest BCUT2D eigenvalue weighted by atomic mass is 16.5. The van der Waals surface area contributed by atoms with Crippen molar-refractivity contribution in [2.75, 3.05) is 6.61 Å². The number of hydrogen-bond acceptors (Lipinski definition) is 3. The van der Waals surface area contributed by atoms with Crippen LogP contribution in [-0.4, -0.2) is 18.4 Å². The Morgan fingerprint density at radius 3 is 2.88 bits per heavy atom. The molecule has 1 aliphatic rings. The number of hydrogen-bond donors (Lipinski definition) is 0. The lowest BCUT2D eigenvalue weighted by molar-refractivity contribution is -0.146. The number of esters is 1. The van der Waals surface area contributed by atoms with Gasteiger partial charge in [0.25, 0.3) is 0 Å². The quantitative estimate of drug-likeness (QED) is 0.593. The lowest BCUT2D eigenvalue weighted by atomic mass is 10.0. The van der Waals surface area contributed by atoms with Crippen LogP contribution in [0, 0.1) is 12.8 Å². The number of aryl methyl sites for hydroxylation is 1. The van der Waals surface area contributed by atoms with E-state index in [9.17, 15) is 9.59 Å².